The van der Waals surface area contributed by atoms with Crippen LogP contribution < -0.4 is 5.49 Å². The van der Waals surface area contributed by atoms with Gasteiger partial charge in [-0.05, 0) is 35.7 Å². The number of aryl methyl sites for hydroxylation is 1. The fraction of sp³-hybridized carbons (Fsp3) is 0.0588. The van der Waals surface area contributed by atoms with Gasteiger partial charge in [0.25, 0.3) is 0 Å². The summed E-state index contributed by atoms with van der Waals surface area (Å²) in [5.41, 5.74) is 2.41. The molecule has 0 saturated heterocycles. The average Bonchev–Trinajstić information content (AvgIpc) is 2.51. The highest BCUT2D eigenvalue weighted by Gasteiger charge is 2.08. The number of aromatic carboxylic acids is 1. The molecule has 3 aromatic rings. The predicted molar refractivity (Wildman–Crippen MR) is 81.5 cm³/mol. The van der Waals surface area contributed by atoms with Crippen LogP contribution in [0.1, 0.15) is 10.4 Å². The number of nitrogens with zero attached hydrogens (tertiary/aromatic N) is 2. The number of hydrogen-bond donors (Lipinski definition) is 1. The highest BCUT2D eigenvalue weighted by atomic mass is 16.4. The van der Waals surface area contributed by atoms with Crippen molar-refractivity contribution in [2.24, 2.45) is 12.0 Å². The fourth-order valence-electron chi connectivity index (χ4n) is 2.32. The SMILES string of the molecule is Cn1c(=Nc2ccccc2C(=O)O)ccc2ccccc21. The molecule has 0 saturated carbocycles. The third kappa shape index (κ3) is 2.43. The molecule has 104 valence electrons. The number of fused-ring (bicyclic) bond motifs is 1. The quantitative estimate of drug-likeness (QED) is 0.783. The van der Waals surface area contributed by atoms with Crippen molar-refractivity contribution >= 4 is 22.6 Å². The van der Waals surface area contributed by atoms with Gasteiger partial charge in [-0.3, -0.25) is 0 Å². The van der Waals surface area contributed by atoms with Crippen LogP contribution in [0, 0.1) is 0 Å². The van der Waals surface area contributed by atoms with Crippen molar-refractivity contribution in [3.63, 3.8) is 0 Å². The summed E-state index contributed by atoms with van der Waals surface area (Å²) in [7, 11) is 1.92. The highest BCUT2D eigenvalue weighted by Crippen LogP contribution is 2.18. The van der Waals surface area contributed by atoms with E-state index in [9.17, 15) is 9.90 Å². The molecule has 1 aromatic heterocycles. The standard InChI is InChI=1S/C17H14N2O2/c1-19-15-9-5-2-6-12(15)10-11-16(19)18-14-8-4-3-7-13(14)17(20)21/h2-11H,1H3,(H,20,21). The van der Waals surface area contributed by atoms with Gasteiger partial charge in [-0.1, -0.05) is 30.3 Å². The maximum Gasteiger partial charge on any atom is 0.337 e. The van der Waals surface area contributed by atoms with Crippen LogP contribution in [-0.2, 0) is 7.05 Å². The van der Waals surface area contributed by atoms with Gasteiger partial charge in [0.2, 0.25) is 0 Å². The zero-order valence-corrected chi connectivity index (χ0v) is 11.5. The molecule has 0 aliphatic rings. The molecular formula is C17H14N2O2. The smallest absolute Gasteiger partial charge is 0.337 e. The van der Waals surface area contributed by atoms with Crippen molar-refractivity contribution in [2.45, 2.75) is 0 Å². The van der Waals surface area contributed by atoms with Gasteiger partial charge < -0.3 is 9.67 Å². The number of hydrogen-bond acceptors (Lipinski definition) is 2. The molecule has 0 fully saturated rings. The molecule has 1 heterocycles. The molecule has 0 bridgehead atoms. The average molecular weight is 278 g/mol. The third-order valence-corrected chi connectivity index (χ3v) is 3.42. The lowest BCUT2D eigenvalue weighted by atomic mass is 10.2. The summed E-state index contributed by atoms with van der Waals surface area (Å²) in [6.07, 6.45) is 0. The molecule has 4 heteroatoms. The molecule has 3 rings (SSSR count). The molecule has 21 heavy (non-hydrogen) atoms. The second kappa shape index (κ2) is 5.25. The Bertz CT molecular complexity index is 894. The van der Waals surface area contributed by atoms with E-state index >= 15 is 0 Å². The Kier molecular flexibility index (Phi) is 3.28. The Morgan fingerprint density at radius 3 is 2.52 bits per heavy atom. The van der Waals surface area contributed by atoms with E-state index in [1.54, 1.807) is 24.3 Å². The normalized spacial score (nSPS) is 11.8. The van der Waals surface area contributed by atoms with Crippen LogP contribution in [0.5, 0.6) is 0 Å². The summed E-state index contributed by atoms with van der Waals surface area (Å²) < 4.78 is 1.95. The van der Waals surface area contributed by atoms with Gasteiger partial charge in [-0.25, -0.2) is 9.79 Å². The monoisotopic (exact) mass is 278 g/mol. The van der Waals surface area contributed by atoms with E-state index in [2.05, 4.69) is 4.99 Å². The van der Waals surface area contributed by atoms with Crippen LogP contribution in [0.25, 0.3) is 10.9 Å². The Morgan fingerprint density at radius 2 is 1.71 bits per heavy atom. The van der Waals surface area contributed by atoms with Crippen molar-refractivity contribution in [1.29, 1.82) is 0 Å². The van der Waals surface area contributed by atoms with Gasteiger partial charge in [-0.15, -0.1) is 0 Å². The summed E-state index contributed by atoms with van der Waals surface area (Å²) in [5, 5.41) is 10.3. The zero-order chi connectivity index (χ0) is 14.8. The fourth-order valence-corrected chi connectivity index (χ4v) is 2.32. The number of aromatic nitrogens is 1. The first kappa shape index (κ1) is 13.1. The number of rotatable bonds is 2. The van der Waals surface area contributed by atoms with Crippen molar-refractivity contribution in [3.05, 3.63) is 71.7 Å². The Balaban J connectivity index is 2.26. The van der Waals surface area contributed by atoms with E-state index in [0.717, 1.165) is 10.9 Å². The van der Waals surface area contributed by atoms with Crippen molar-refractivity contribution < 1.29 is 9.90 Å². The topological polar surface area (TPSA) is 54.6 Å². The van der Waals surface area contributed by atoms with Crippen molar-refractivity contribution in [1.82, 2.24) is 4.57 Å². The Hall–Kier alpha value is -2.88. The van der Waals surface area contributed by atoms with Crippen molar-refractivity contribution in [2.75, 3.05) is 0 Å². The Morgan fingerprint density at radius 1 is 1.00 bits per heavy atom. The molecule has 0 amide bonds. The van der Waals surface area contributed by atoms with Gasteiger partial charge in [0.05, 0.1) is 11.3 Å². The van der Waals surface area contributed by atoms with Crippen LogP contribution in [-0.4, -0.2) is 15.6 Å². The molecule has 0 radical (unpaired) electrons. The lowest BCUT2D eigenvalue weighted by molar-refractivity contribution is 0.0698. The molecular weight excluding hydrogens is 264 g/mol. The van der Waals surface area contributed by atoms with E-state index in [4.69, 9.17) is 0 Å². The third-order valence-electron chi connectivity index (χ3n) is 3.42. The van der Waals surface area contributed by atoms with Crippen LogP contribution in [0.15, 0.2) is 65.7 Å². The largest absolute Gasteiger partial charge is 0.478 e. The summed E-state index contributed by atoms with van der Waals surface area (Å²) in [6.45, 7) is 0. The van der Waals surface area contributed by atoms with Gasteiger partial charge in [-0.2, -0.15) is 0 Å². The Labute approximate surface area is 121 Å². The summed E-state index contributed by atoms with van der Waals surface area (Å²) in [5.74, 6) is -0.974. The minimum atomic E-state index is -0.974. The lowest BCUT2D eigenvalue weighted by Gasteiger charge is -2.07. The van der Waals surface area contributed by atoms with Crippen LogP contribution in [0.4, 0.5) is 5.69 Å². The van der Waals surface area contributed by atoms with E-state index in [1.807, 2.05) is 48.0 Å². The van der Waals surface area contributed by atoms with Crippen LogP contribution in [0.3, 0.4) is 0 Å². The van der Waals surface area contributed by atoms with E-state index in [-0.39, 0.29) is 5.56 Å². The minimum absolute atomic E-state index is 0.200. The number of pyridine rings is 1. The maximum atomic E-state index is 11.2. The molecule has 0 atom stereocenters. The molecule has 0 aliphatic carbocycles. The summed E-state index contributed by atoms with van der Waals surface area (Å²) in [4.78, 5) is 15.7. The van der Waals surface area contributed by atoms with Gasteiger partial charge in [0, 0.05) is 12.6 Å². The lowest BCUT2D eigenvalue weighted by Crippen LogP contribution is -2.17. The second-order valence-corrected chi connectivity index (χ2v) is 4.74. The molecule has 0 aliphatic heterocycles. The number of para-hydroxylation sites is 2. The first-order valence-corrected chi connectivity index (χ1v) is 6.58. The minimum Gasteiger partial charge on any atom is -0.478 e. The molecule has 2 aromatic carbocycles. The summed E-state index contributed by atoms with van der Waals surface area (Å²) >= 11 is 0. The highest BCUT2D eigenvalue weighted by molar-refractivity contribution is 5.93. The molecule has 4 nitrogen and oxygen atoms in total. The predicted octanol–water partition coefficient (Wildman–Crippen LogP) is 3.11. The first-order chi connectivity index (χ1) is 10.2. The van der Waals surface area contributed by atoms with Gasteiger partial charge >= 0.3 is 5.97 Å². The zero-order valence-electron chi connectivity index (χ0n) is 11.5. The second-order valence-electron chi connectivity index (χ2n) is 4.74. The number of carbonyl (C=O) groups is 1. The molecule has 1 N–H and O–H groups in total. The molecule has 0 spiro atoms. The van der Waals surface area contributed by atoms with E-state index < -0.39 is 5.97 Å². The van der Waals surface area contributed by atoms with Crippen LogP contribution in [0.2, 0.25) is 0 Å². The van der Waals surface area contributed by atoms with Gasteiger partial charge in [0.1, 0.15) is 5.49 Å². The van der Waals surface area contributed by atoms with Crippen molar-refractivity contribution in [3.8, 4) is 0 Å². The first-order valence-electron chi connectivity index (χ1n) is 6.58. The van der Waals surface area contributed by atoms with E-state index in [0.29, 0.717) is 11.2 Å². The summed E-state index contributed by atoms with van der Waals surface area (Å²) in [6, 6.07) is 18.6. The number of benzene rings is 2. The van der Waals surface area contributed by atoms with Crippen LogP contribution >= 0.6 is 0 Å². The number of carboxylic acids is 1. The van der Waals surface area contributed by atoms with E-state index in [1.165, 1.54) is 0 Å². The maximum absolute atomic E-state index is 11.2. The number of carboxylic acid groups (broad SMARTS) is 1. The van der Waals surface area contributed by atoms with Gasteiger partial charge in [0.15, 0.2) is 0 Å². The molecule has 0 unspecified atom stereocenters.